The highest BCUT2D eigenvalue weighted by molar-refractivity contribution is 5.98. The maximum Gasteiger partial charge on any atom is 0.251 e. The number of carbonyl (C=O) groups excluding carboxylic acids is 1. The van der Waals surface area contributed by atoms with Crippen molar-refractivity contribution in [1.29, 1.82) is 0 Å². The Balaban J connectivity index is 1.11. The van der Waals surface area contributed by atoms with Crippen LogP contribution in [0.15, 0.2) is 54.7 Å². The number of carbonyl (C=O) groups is 1. The molecular weight excluding hydrogens is 386 g/mol. The van der Waals surface area contributed by atoms with Crippen molar-refractivity contribution in [3.8, 4) is 0 Å². The van der Waals surface area contributed by atoms with Gasteiger partial charge in [-0.25, -0.2) is 0 Å². The van der Waals surface area contributed by atoms with Gasteiger partial charge in [0.25, 0.3) is 5.91 Å². The molecule has 3 heterocycles. The fourth-order valence-corrected chi connectivity index (χ4v) is 5.06. The number of hydrogen-bond acceptors (Lipinski definition) is 3. The number of likely N-dealkylation sites (tertiary alicyclic amines) is 1. The average Bonchev–Trinajstić information content (AvgIpc) is 3.42. The maximum atomic E-state index is 12.6. The van der Waals surface area contributed by atoms with Gasteiger partial charge in [0.1, 0.15) is 0 Å². The number of hydrogen-bond donors (Lipinski definition) is 2. The van der Waals surface area contributed by atoms with E-state index in [1.807, 2.05) is 30.5 Å². The number of nitrogens with one attached hydrogen (secondary N) is 2. The van der Waals surface area contributed by atoms with Crippen LogP contribution in [-0.2, 0) is 11.3 Å². The summed E-state index contributed by atoms with van der Waals surface area (Å²) in [6, 6.07) is 16.4. The first-order valence-corrected chi connectivity index (χ1v) is 11.4. The Labute approximate surface area is 183 Å². The van der Waals surface area contributed by atoms with E-state index in [-0.39, 0.29) is 17.6 Å². The van der Waals surface area contributed by atoms with Crippen molar-refractivity contribution >= 4 is 16.8 Å². The highest BCUT2D eigenvalue weighted by atomic mass is 16.5. The van der Waals surface area contributed by atoms with Gasteiger partial charge in [-0.1, -0.05) is 24.3 Å². The lowest BCUT2D eigenvalue weighted by atomic mass is 9.88. The Kier molecular flexibility index (Phi) is 5.55. The van der Waals surface area contributed by atoms with Gasteiger partial charge in [-0.05, 0) is 68.0 Å². The Morgan fingerprint density at radius 2 is 2.00 bits per heavy atom. The molecule has 31 heavy (non-hydrogen) atoms. The number of aromatic amines is 1. The van der Waals surface area contributed by atoms with E-state index in [4.69, 9.17) is 4.74 Å². The van der Waals surface area contributed by atoms with E-state index in [1.54, 1.807) is 0 Å². The molecule has 5 nitrogen and oxygen atoms in total. The molecule has 1 spiro atoms. The number of amides is 1. The number of rotatable bonds is 5. The summed E-state index contributed by atoms with van der Waals surface area (Å²) >= 11 is 0. The van der Waals surface area contributed by atoms with Crippen LogP contribution >= 0.6 is 0 Å². The zero-order valence-corrected chi connectivity index (χ0v) is 18.2. The highest BCUT2D eigenvalue weighted by Crippen LogP contribution is 2.39. The first-order valence-electron chi connectivity index (χ1n) is 11.4. The highest BCUT2D eigenvalue weighted by Gasteiger charge is 2.42. The zero-order valence-electron chi connectivity index (χ0n) is 18.2. The second-order valence-corrected chi connectivity index (χ2v) is 9.15. The normalized spacial score (nSPS) is 21.0. The molecule has 0 saturated carbocycles. The molecule has 5 heteroatoms. The van der Waals surface area contributed by atoms with E-state index < -0.39 is 0 Å². The molecule has 5 rings (SSSR count). The average molecular weight is 418 g/mol. The van der Waals surface area contributed by atoms with Gasteiger partial charge in [0, 0.05) is 48.8 Å². The van der Waals surface area contributed by atoms with Crippen molar-refractivity contribution in [1.82, 2.24) is 15.2 Å². The molecule has 0 radical (unpaired) electrons. The number of ether oxygens (including phenoxy) is 1. The summed E-state index contributed by atoms with van der Waals surface area (Å²) in [4.78, 5) is 18.3. The molecule has 2 saturated heterocycles. The molecule has 0 unspecified atom stereocenters. The summed E-state index contributed by atoms with van der Waals surface area (Å²) in [5, 5.41) is 4.14. The van der Waals surface area contributed by atoms with Crippen LogP contribution in [0.5, 0.6) is 0 Å². The smallest absolute Gasteiger partial charge is 0.251 e. The Hall–Kier alpha value is -2.63. The fraction of sp³-hybridized carbons (Fsp3) is 0.423. The van der Waals surface area contributed by atoms with Gasteiger partial charge < -0.3 is 15.0 Å². The van der Waals surface area contributed by atoms with Crippen LogP contribution in [0.2, 0.25) is 0 Å². The van der Waals surface area contributed by atoms with E-state index in [9.17, 15) is 4.79 Å². The molecule has 2 fully saturated rings. The minimum Gasteiger partial charge on any atom is -0.370 e. The standard InChI is InChI=1S/C26H31N3O2/c1-19-4-2-3-5-22(19)18-29-14-11-26(12-15-29)10-8-23(31-26)17-28-25(30)21-6-7-24-20(16-21)9-13-27-24/h2-7,9,13,16,23,27H,8,10-12,14-15,17-18H2,1H3,(H,28,30)/t23-/m1/s1. The fourth-order valence-electron chi connectivity index (χ4n) is 5.06. The third-order valence-electron chi connectivity index (χ3n) is 7.07. The van der Waals surface area contributed by atoms with Gasteiger partial charge in [0.2, 0.25) is 0 Å². The number of benzene rings is 2. The lowest BCUT2D eigenvalue weighted by Crippen LogP contribution is -2.45. The van der Waals surface area contributed by atoms with Crippen LogP contribution in [-0.4, -0.2) is 47.1 Å². The van der Waals surface area contributed by atoms with Crippen LogP contribution < -0.4 is 5.32 Å². The second kappa shape index (κ2) is 8.48. The molecule has 162 valence electrons. The van der Waals surface area contributed by atoms with E-state index in [1.165, 1.54) is 11.1 Å². The zero-order chi connectivity index (χ0) is 21.3. The minimum absolute atomic E-state index is 0.00165. The van der Waals surface area contributed by atoms with Crippen molar-refractivity contribution in [3.63, 3.8) is 0 Å². The predicted octanol–water partition coefficient (Wildman–Crippen LogP) is 4.42. The summed E-state index contributed by atoms with van der Waals surface area (Å²) in [7, 11) is 0. The van der Waals surface area contributed by atoms with E-state index in [0.29, 0.717) is 12.1 Å². The minimum atomic E-state index is -0.0271. The lowest BCUT2D eigenvalue weighted by Gasteiger charge is -2.39. The second-order valence-electron chi connectivity index (χ2n) is 9.15. The van der Waals surface area contributed by atoms with Crippen LogP contribution in [0.25, 0.3) is 10.9 Å². The van der Waals surface area contributed by atoms with Crippen LogP contribution in [0.3, 0.4) is 0 Å². The summed E-state index contributed by atoms with van der Waals surface area (Å²) in [6.45, 7) is 5.94. The number of H-pyrrole nitrogens is 1. The van der Waals surface area contributed by atoms with Gasteiger partial charge in [-0.15, -0.1) is 0 Å². The van der Waals surface area contributed by atoms with Crippen LogP contribution in [0.4, 0.5) is 0 Å². The van der Waals surface area contributed by atoms with Gasteiger partial charge >= 0.3 is 0 Å². The molecule has 0 aliphatic carbocycles. The SMILES string of the molecule is Cc1ccccc1CN1CCC2(CC[C@H](CNC(=O)c3ccc4[nH]ccc4c3)O2)CC1. The Morgan fingerprint density at radius 3 is 2.84 bits per heavy atom. The summed E-state index contributed by atoms with van der Waals surface area (Å²) in [5.74, 6) is -0.0271. The number of fused-ring (bicyclic) bond motifs is 1. The number of aryl methyl sites for hydroxylation is 1. The van der Waals surface area contributed by atoms with Crippen molar-refractivity contribution < 1.29 is 9.53 Å². The first-order chi connectivity index (χ1) is 15.1. The molecule has 2 aromatic carbocycles. The topological polar surface area (TPSA) is 57.4 Å². The molecule has 3 aromatic rings. The lowest BCUT2D eigenvalue weighted by molar-refractivity contribution is -0.0764. The third-order valence-corrected chi connectivity index (χ3v) is 7.07. The van der Waals surface area contributed by atoms with Gasteiger partial charge in [-0.3, -0.25) is 9.69 Å². The molecule has 0 bridgehead atoms. The molecule has 1 amide bonds. The number of aromatic nitrogens is 1. The predicted molar refractivity (Wildman–Crippen MR) is 123 cm³/mol. The van der Waals surface area contributed by atoms with Gasteiger partial charge in [0.05, 0.1) is 11.7 Å². The Morgan fingerprint density at radius 1 is 1.16 bits per heavy atom. The van der Waals surface area contributed by atoms with E-state index in [0.717, 1.165) is 56.2 Å². The van der Waals surface area contributed by atoms with Gasteiger partial charge in [0.15, 0.2) is 0 Å². The summed E-state index contributed by atoms with van der Waals surface area (Å²) < 4.78 is 6.51. The van der Waals surface area contributed by atoms with E-state index >= 15 is 0 Å². The molecule has 2 aliphatic rings. The van der Waals surface area contributed by atoms with Gasteiger partial charge in [-0.2, -0.15) is 0 Å². The summed E-state index contributed by atoms with van der Waals surface area (Å²) in [5.41, 5.74) is 4.54. The van der Waals surface area contributed by atoms with Crippen LogP contribution in [0, 0.1) is 6.92 Å². The Bertz CT molecular complexity index is 1070. The molecule has 1 atom stereocenters. The number of piperidine rings is 1. The third kappa shape index (κ3) is 4.39. The van der Waals surface area contributed by atoms with Crippen molar-refractivity contribution in [3.05, 3.63) is 71.4 Å². The molecule has 2 N–H and O–H groups in total. The molecule has 2 aliphatic heterocycles. The molecular formula is C26H31N3O2. The van der Waals surface area contributed by atoms with Crippen molar-refractivity contribution in [2.45, 2.75) is 50.9 Å². The quantitative estimate of drug-likeness (QED) is 0.646. The monoisotopic (exact) mass is 417 g/mol. The maximum absolute atomic E-state index is 12.6. The largest absolute Gasteiger partial charge is 0.370 e. The molecule has 1 aromatic heterocycles. The number of nitrogens with zero attached hydrogens (tertiary/aromatic N) is 1. The van der Waals surface area contributed by atoms with Crippen molar-refractivity contribution in [2.24, 2.45) is 0 Å². The van der Waals surface area contributed by atoms with Crippen LogP contribution in [0.1, 0.15) is 47.2 Å². The first kappa shape index (κ1) is 20.3. The van der Waals surface area contributed by atoms with Crippen molar-refractivity contribution in [2.75, 3.05) is 19.6 Å². The summed E-state index contributed by atoms with van der Waals surface area (Å²) in [6.07, 6.45) is 6.28. The van der Waals surface area contributed by atoms with E-state index in [2.05, 4.69) is 46.4 Å².